The second kappa shape index (κ2) is 6.86. The summed E-state index contributed by atoms with van der Waals surface area (Å²) >= 11 is 0. The molecule has 126 valence electrons. The first kappa shape index (κ1) is 16.9. The molecule has 0 saturated heterocycles. The normalized spacial score (nSPS) is 11.1. The Morgan fingerprint density at radius 3 is 2.12 bits per heavy atom. The minimum absolute atomic E-state index is 0.0474. The lowest BCUT2D eigenvalue weighted by Gasteiger charge is -2.22. The van der Waals surface area contributed by atoms with Crippen LogP contribution in [-0.2, 0) is 10.0 Å². The summed E-state index contributed by atoms with van der Waals surface area (Å²) in [4.78, 5) is 17.0. The van der Waals surface area contributed by atoms with Gasteiger partial charge in [0, 0.05) is 6.20 Å². The van der Waals surface area contributed by atoms with E-state index in [1.165, 1.54) is 24.4 Å². The van der Waals surface area contributed by atoms with Gasteiger partial charge >= 0.3 is 0 Å². The fourth-order valence-corrected chi connectivity index (χ4v) is 3.74. The van der Waals surface area contributed by atoms with E-state index in [1.807, 2.05) is 6.92 Å². The maximum atomic E-state index is 13.1. The number of rotatable bonds is 4. The predicted molar refractivity (Wildman–Crippen MR) is 95.9 cm³/mol. The molecule has 0 spiro atoms. The Hall–Kier alpha value is -2.99. The highest BCUT2D eigenvalue weighted by Gasteiger charge is 2.32. The van der Waals surface area contributed by atoms with Crippen molar-refractivity contribution in [1.82, 2.24) is 4.98 Å². The third-order valence-electron chi connectivity index (χ3n) is 3.62. The number of carbonyl (C=O) groups excluding carboxylic acids is 1. The fourth-order valence-electron chi connectivity index (χ4n) is 2.34. The summed E-state index contributed by atoms with van der Waals surface area (Å²) in [6, 6.07) is 19.4. The molecule has 3 aromatic rings. The summed E-state index contributed by atoms with van der Waals surface area (Å²) in [5.74, 6) is -0.702. The van der Waals surface area contributed by atoms with E-state index < -0.39 is 15.9 Å². The molecule has 3 rings (SSSR count). The van der Waals surface area contributed by atoms with Gasteiger partial charge in [0.1, 0.15) is 5.69 Å². The van der Waals surface area contributed by atoms with Gasteiger partial charge in [-0.05, 0) is 43.3 Å². The van der Waals surface area contributed by atoms with E-state index in [4.69, 9.17) is 0 Å². The number of benzene rings is 2. The zero-order chi connectivity index (χ0) is 17.9. The van der Waals surface area contributed by atoms with Crippen molar-refractivity contribution < 1.29 is 13.2 Å². The maximum absolute atomic E-state index is 13.1. The Labute approximate surface area is 146 Å². The number of pyridine rings is 1. The van der Waals surface area contributed by atoms with Gasteiger partial charge in [0.05, 0.1) is 10.6 Å². The Bertz CT molecular complexity index is 970. The van der Waals surface area contributed by atoms with Crippen LogP contribution >= 0.6 is 0 Å². The first-order valence-corrected chi connectivity index (χ1v) is 9.06. The fraction of sp³-hybridized carbons (Fsp3) is 0.0526. The minimum Gasteiger partial charge on any atom is -0.266 e. The van der Waals surface area contributed by atoms with Crippen molar-refractivity contribution in [2.75, 3.05) is 4.31 Å². The van der Waals surface area contributed by atoms with Crippen LogP contribution in [0.15, 0.2) is 83.9 Å². The average molecular weight is 352 g/mol. The second-order valence-electron chi connectivity index (χ2n) is 5.44. The summed E-state index contributed by atoms with van der Waals surface area (Å²) in [6.45, 7) is 1.87. The van der Waals surface area contributed by atoms with Gasteiger partial charge in [-0.3, -0.25) is 9.78 Å². The molecule has 0 unspecified atom stereocenters. The van der Waals surface area contributed by atoms with E-state index in [-0.39, 0.29) is 16.3 Å². The van der Waals surface area contributed by atoms with E-state index in [1.54, 1.807) is 54.6 Å². The second-order valence-corrected chi connectivity index (χ2v) is 7.22. The van der Waals surface area contributed by atoms with Crippen LogP contribution in [0.25, 0.3) is 0 Å². The van der Waals surface area contributed by atoms with Crippen LogP contribution < -0.4 is 4.31 Å². The van der Waals surface area contributed by atoms with Gasteiger partial charge in [-0.2, -0.15) is 4.31 Å². The maximum Gasteiger partial charge on any atom is 0.290 e. The highest BCUT2D eigenvalue weighted by Crippen LogP contribution is 2.25. The summed E-state index contributed by atoms with van der Waals surface area (Å²) in [6.07, 6.45) is 1.45. The van der Waals surface area contributed by atoms with Crippen molar-refractivity contribution in [3.8, 4) is 0 Å². The van der Waals surface area contributed by atoms with Crippen molar-refractivity contribution in [1.29, 1.82) is 0 Å². The average Bonchev–Trinajstić information content (AvgIpc) is 2.63. The number of para-hydroxylation sites is 1. The molecule has 1 amide bonds. The van der Waals surface area contributed by atoms with Crippen molar-refractivity contribution in [3.63, 3.8) is 0 Å². The molecule has 0 aliphatic carbocycles. The number of hydrogen-bond acceptors (Lipinski definition) is 4. The highest BCUT2D eigenvalue weighted by molar-refractivity contribution is 7.93. The molecular formula is C19H16N2O3S. The molecule has 5 nitrogen and oxygen atoms in total. The van der Waals surface area contributed by atoms with Crippen molar-refractivity contribution in [2.45, 2.75) is 11.8 Å². The largest absolute Gasteiger partial charge is 0.290 e. The standard InChI is InChI=1S/C19H16N2O3S/c1-15-10-12-17(13-11-15)25(23,24)21(16-7-3-2-4-8-16)19(22)18-9-5-6-14-20-18/h2-14H,1H3. The quantitative estimate of drug-likeness (QED) is 0.721. The van der Waals surface area contributed by atoms with Crippen LogP contribution in [0.1, 0.15) is 16.1 Å². The molecule has 0 aliphatic rings. The number of amides is 1. The van der Waals surface area contributed by atoms with Crippen LogP contribution in [0, 0.1) is 6.92 Å². The molecule has 2 aromatic carbocycles. The molecule has 0 atom stereocenters. The molecule has 1 aromatic heterocycles. The van der Waals surface area contributed by atoms with Gasteiger partial charge in [0.15, 0.2) is 0 Å². The van der Waals surface area contributed by atoms with Crippen LogP contribution in [0.3, 0.4) is 0 Å². The molecule has 0 saturated carbocycles. The molecule has 6 heteroatoms. The Morgan fingerprint density at radius 2 is 1.52 bits per heavy atom. The molecular weight excluding hydrogens is 336 g/mol. The van der Waals surface area contributed by atoms with E-state index >= 15 is 0 Å². The molecule has 0 fully saturated rings. The lowest BCUT2D eigenvalue weighted by atomic mass is 10.2. The SMILES string of the molecule is Cc1ccc(S(=O)(=O)N(C(=O)c2ccccn2)c2ccccc2)cc1. The van der Waals surface area contributed by atoms with Gasteiger partial charge in [0.2, 0.25) is 0 Å². The van der Waals surface area contributed by atoms with Gasteiger partial charge in [-0.25, -0.2) is 8.42 Å². The van der Waals surface area contributed by atoms with Crippen molar-refractivity contribution >= 4 is 21.6 Å². The van der Waals surface area contributed by atoms with E-state index in [2.05, 4.69) is 4.98 Å². The van der Waals surface area contributed by atoms with Crippen LogP contribution in [0.2, 0.25) is 0 Å². The van der Waals surface area contributed by atoms with E-state index in [9.17, 15) is 13.2 Å². The van der Waals surface area contributed by atoms with E-state index in [0.717, 1.165) is 9.87 Å². The van der Waals surface area contributed by atoms with Crippen molar-refractivity contribution in [2.24, 2.45) is 0 Å². The lowest BCUT2D eigenvalue weighted by molar-refractivity contribution is 0.100. The predicted octanol–water partition coefficient (Wildman–Crippen LogP) is 3.43. The minimum atomic E-state index is -4.07. The highest BCUT2D eigenvalue weighted by atomic mass is 32.2. The number of aryl methyl sites for hydroxylation is 1. The number of anilines is 1. The Morgan fingerprint density at radius 1 is 0.880 bits per heavy atom. The zero-order valence-electron chi connectivity index (χ0n) is 13.5. The number of carbonyl (C=O) groups is 1. The molecule has 25 heavy (non-hydrogen) atoms. The number of nitrogens with zero attached hydrogens (tertiary/aromatic N) is 2. The van der Waals surface area contributed by atoms with Crippen molar-refractivity contribution in [3.05, 3.63) is 90.3 Å². The third-order valence-corrected chi connectivity index (χ3v) is 5.34. The van der Waals surface area contributed by atoms with Crippen LogP contribution in [0.5, 0.6) is 0 Å². The molecule has 0 bridgehead atoms. The molecule has 1 heterocycles. The summed E-state index contributed by atoms with van der Waals surface area (Å²) in [7, 11) is -4.07. The monoisotopic (exact) mass is 352 g/mol. The van der Waals surface area contributed by atoms with Gasteiger partial charge in [-0.1, -0.05) is 42.0 Å². The van der Waals surface area contributed by atoms with Crippen LogP contribution in [-0.4, -0.2) is 19.3 Å². The van der Waals surface area contributed by atoms with E-state index in [0.29, 0.717) is 0 Å². The molecule has 0 radical (unpaired) electrons. The zero-order valence-corrected chi connectivity index (χ0v) is 14.3. The topological polar surface area (TPSA) is 67.3 Å². The molecule has 0 N–H and O–H groups in total. The smallest absolute Gasteiger partial charge is 0.266 e. The van der Waals surface area contributed by atoms with Gasteiger partial charge in [0.25, 0.3) is 15.9 Å². The first-order valence-electron chi connectivity index (χ1n) is 7.62. The van der Waals surface area contributed by atoms with Crippen LogP contribution in [0.4, 0.5) is 5.69 Å². The summed E-state index contributed by atoms with van der Waals surface area (Å²) < 4.78 is 27.1. The third kappa shape index (κ3) is 3.44. The van der Waals surface area contributed by atoms with Gasteiger partial charge in [-0.15, -0.1) is 0 Å². The summed E-state index contributed by atoms with van der Waals surface area (Å²) in [5, 5.41) is 0. The lowest BCUT2D eigenvalue weighted by Crippen LogP contribution is -2.37. The number of aromatic nitrogens is 1. The summed E-state index contributed by atoms with van der Waals surface area (Å²) in [5.41, 5.74) is 1.25. The Balaban J connectivity index is 2.15. The Kier molecular flexibility index (Phi) is 4.63. The number of sulfonamides is 1. The first-order chi connectivity index (χ1) is 12.0. The number of hydrogen-bond donors (Lipinski definition) is 0. The molecule has 0 aliphatic heterocycles. The van der Waals surface area contributed by atoms with Gasteiger partial charge < -0.3 is 0 Å².